The number of benzene rings is 2. The second-order valence-corrected chi connectivity index (χ2v) is 8.03. The Kier molecular flexibility index (Phi) is 7.54. The summed E-state index contributed by atoms with van der Waals surface area (Å²) in [5.41, 5.74) is -2.75. The number of nitrogens with zero attached hydrogens (tertiary/aromatic N) is 2. The van der Waals surface area contributed by atoms with Crippen LogP contribution in [0, 0.1) is 17.2 Å². The normalized spacial score (nSPS) is 15.7. The summed E-state index contributed by atoms with van der Waals surface area (Å²) in [4.78, 5) is 14.2. The van der Waals surface area contributed by atoms with Crippen molar-refractivity contribution in [2.45, 2.75) is 31.6 Å². The summed E-state index contributed by atoms with van der Waals surface area (Å²) in [7, 11) is 0. The van der Waals surface area contributed by atoms with Crippen molar-refractivity contribution in [3.8, 4) is 6.07 Å². The number of carbonyl (C=O) groups is 1. The molecule has 0 saturated carbocycles. The SMILES string of the molecule is N#C/C(=C/Nc1cc(C(F)(F)F)cc(C(F)(F)F)c1)C(=O)N1CCC(Cc2ccccc2)CC1. The summed E-state index contributed by atoms with van der Waals surface area (Å²) in [6.45, 7) is 0.800. The molecule has 34 heavy (non-hydrogen) atoms. The van der Waals surface area contributed by atoms with Crippen molar-refractivity contribution in [2.75, 3.05) is 18.4 Å². The summed E-state index contributed by atoms with van der Waals surface area (Å²) in [6, 6.07) is 12.5. The van der Waals surface area contributed by atoms with E-state index in [1.807, 2.05) is 30.3 Å². The van der Waals surface area contributed by atoms with Gasteiger partial charge in [0.2, 0.25) is 0 Å². The van der Waals surface area contributed by atoms with Crippen LogP contribution in [0.2, 0.25) is 0 Å². The van der Waals surface area contributed by atoms with E-state index in [-0.39, 0.29) is 6.07 Å². The van der Waals surface area contributed by atoms with Crippen LogP contribution in [0.3, 0.4) is 0 Å². The molecule has 1 aliphatic rings. The van der Waals surface area contributed by atoms with E-state index < -0.39 is 40.6 Å². The molecule has 1 heterocycles. The molecule has 180 valence electrons. The molecule has 1 saturated heterocycles. The van der Waals surface area contributed by atoms with Crippen molar-refractivity contribution in [3.05, 3.63) is 77.0 Å². The molecule has 1 N–H and O–H groups in total. The summed E-state index contributed by atoms with van der Waals surface area (Å²) in [5, 5.41) is 11.6. The van der Waals surface area contributed by atoms with Gasteiger partial charge in [0.1, 0.15) is 11.6 Å². The maximum atomic E-state index is 13.0. The smallest absolute Gasteiger partial charge is 0.360 e. The molecule has 0 atom stereocenters. The second kappa shape index (κ2) is 10.2. The van der Waals surface area contributed by atoms with Gasteiger partial charge >= 0.3 is 12.4 Å². The van der Waals surface area contributed by atoms with Gasteiger partial charge in [-0.1, -0.05) is 30.3 Å². The minimum atomic E-state index is -5.00. The van der Waals surface area contributed by atoms with Crippen molar-refractivity contribution < 1.29 is 31.1 Å². The number of amides is 1. The lowest BCUT2D eigenvalue weighted by Crippen LogP contribution is -2.39. The molecule has 0 spiro atoms. The first-order valence-electron chi connectivity index (χ1n) is 10.5. The Labute approximate surface area is 192 Å². The molecule has 0 bridgehead atoms. The van der Waals surface area contributed by atoms with Crippen LogP contribution in [-0.4, -0.2) is 23.9 Å². The lowest BCUT2D eigenvalue weighted by molar-refractivity contribution is -0.143. The van der Waals surface area contributed by atoms with Crippen LogP contribution in [-0.2, 0) is 23.6 Å². The van der Waals surface area contributed by atoms with Crippen LogP contribution >= 0.6 is 0 Å². The number of carbonyl (C=O) groups excluding carboxylic acids is 1. The minimum absolute atomic E-state index is 0.00481. The molecular weight excluding hydrogens is 460 g/mol. The predicted octanol–water partition coefficient (Wildman–Crippen LogP) is 6.02. The average Bonchev–Trinajstić information content (AvgIpc) is 2.79. The lowest BCUT2D eigenvalue weighted by Gasteiger charge is -2.32. The van der Waals surface area contributed by atoms with Gasteiger partial charge in [-0.2, -0.15) is 31.6 Å². The number of alkyl halides is 6. The van der Waals surface area contributed by atoms with Crippen LogP contribution in [0.1, 0.15) is 29.5 Å². The molecule has 4 nitrogen and oxygen atoms in total. The zero-order valence-corrected chi connectivity index (χ0v) is 17.9. The minimum Gasteiger partial charge on any atom is -0.360 e. The molecule has 10 heteroatoms. The summed E-state index contributed by atoms with van der Waals surface area (Å²) in [6.07, 6.45) is -6.86. The number of hydrogen-bond donors (Lipinski definition) is 1. The third-order valence-electron chi connectivity index (χ3n) is 5.59. The molecule has 1 fully saturated rings. The number of halogens is 6. The Morgan fingerprint density at radius 3 is 2.06 bits per heavy atom. The Morgan fingerprint density at radius 2 is 1.56 bits per heavy atom. The van der Waals surface area contributed by atoms with E-state index in [0.29, 0.717) is 31.1 Å². The van der Waals surface area contributed by atoms with E-state index >= 15 is 0 Å². The largest absolute Gasteiger partial charge is 0.416 e. The molecule has 0 radical (unpaired) electrons. The molecule has 1 aliphatic heterocycles. The van der Waals surface area contributed by atoms with E-state index in [1.165, 1.54) is 10.5 Å². The van der Waals surface area contributed by atoms with Crippen LogP contribution in [0.5, 0.6) is 0 Å². The highest BCUT2D eigenvalue weighted by Gasteiger charge is 2.37. The number of anilines is 1. The van der Waals surface area contributed by atoms with Gasteiger partial charge in [0.25, 0.3) is 5.91 Å². The number of nitrogens with one attached hydrogen (secondary N) is 1. The van der Waals surface area contributed by atoms with Crippen LogP contribution in [0.4, 0.5) is 32.0 Å². The Bertz CT molecular complexity index is 1050. The van der Waals surface area contributed by atoms with Crippen molar-refractivity contribution in [1.29, 1.82) is 5.26 Å². The second-order valence-electron chi connectivity index (χ2n) is 8.03. The summed E-state index contributed by atoms with van der Waals surface area (Å²) >= 11 is 0. The van der Waals surface area contributed by atoms with E-state index in [2.05, 4.69) is 5.32 Å². The highest BCUT2D eigenvalue weighted by Crippen LogP contribution is 2.37. The monoisotopic (exact) mass is 481 g/mol. The molecule has 0 aromatic heterocycles. The van der Waals surface area contributed by atoms with E-state index in [4.69, 9.17) is 0 Å². The van der Waals surface area contributed by atoms with Gasteiger partial charge in [-0.3, -0.25) is 4.79 Å². The van der Waals surface area contributed by atoms with Crippen molar-refractivity contribution in [2.24, 2.45) is 5.92 Å². The number of piperidine rings is 1. The topological polar surface area (TPSA) is 56.1 Å². The summed E-state index contributed by atoms with van der Waals surface area (Å²) in [5.74, 6) is -0.263. The van der Waals surface area contributed by atoms with Gasteiger partial charge in [0, 0.05) is 25.0 Å². The van der Waals surface area contributed by atoms with Crippen molar-refractivity contribution >= 4 is 11.6 Å². The van der Waals surface area contributed by atoms with E-state index in [0.717, 1.165) is 25.5 Å². The fraction of sp³-hybridized carbons (Fsp3) is 0.333. The molecule has 1 amide bonds. The number of rotatable bonds is 5. The van der Waals surface area contributed by atoms with Gasteiger partial charge in [-0.05, 0) is 48.9 Å². The van der Waals surface area contributed by atoms with E-state index in [1.54, 1.807) is 6.07 Å². The Morgan fingerprint density at radius 1 is 1.00 bits per heavy atom. The number of likely N-dealkylation sites (tertiary alicyclic amines) is 1. The number of nitriles is 1. The van der Waals surface area contributed by atoms with Gasteiger partial charge < -0.3 is 10.2 Å². The maximum Gasteiger partial charge on any atom is 0.416 e. The van der Waals surface area contributed by atoms with Crippen molar-refractivity contribution in [3.63, 3.8) is 0 Å². The van der Waals surface area contributed by atoms with Crippen LogP contribution < -0.4 is 5.32 Å². The highest BCUT2D eigenvalue weighted by molar-refractivity contribution is 5.97. The van der Waals surface area contributed by atoms with Crippen LogP contribution in [0.15, 0.2) is 60.3 Å². The maximum absolute atomic E-state index is 13.0. The molecule has 3 rings (SSSR count). The fourth-order valence-electron chi connectivity index (χ4n) is 3.79. The predicted molar refractivity (Wildman–Crippen MR) is 113 cm³/mol. The molecule has 0 unspecified atom stereocenters. The standard InChI is InChI=1S/C24H21F6N3O/c25-23(26,27)19-11-20(24(28,29)30)13-21(12-19)32-15-18(14-31)22(34)33-8-6-17(7-9-33)10-16-4-2-1-3-5-16/h1-5,11-13,15,17,32H,6-10H2/b18-15-. The number of hydrogen-bond acceptors (Lipinski definition) is 3. The van der Waals surface area contributed by atoms with Crippen molar-refractivity contribution in [1.82, 2.24) is 4.90 Å². The van der Waals surface area contributed by atoms with E-state index in [9.17, 15) is 36.4 Å². The van der Waals surface area contributed by atoms with Crippen LogP contribution in [0.25, 0.3) is 0 Å². The lowest BCUT2D eigenvalue weighted by atomic mass is 9.90. The first kappa shape index (κ1) is 25.1. The fourth-order valence-corrected chi connectivity index (χ4v) is 3.79. The molecule has 2 aromatic carbocycles. The Hall–Kier alpha value is -3.48. The molecule has 2 aromatic rings. The Balaban J connectivity index is 1.69. The first-order valence-corrected chi connectivity index (χ1v) is 10.5. The third-order valence-corrected chi connectivity index (χ3v) is 5.59. The van der Waals surface area contributed by atoms with Gasteiger partial charge in [0.15, 0.2) is 0 Å². The molecular formula is C24H21F6N3O. The third kappa shape index (κ3) is 6.53. The zero-order chi connectivity index (χ0) is 24.9. The first-order chi connectivity index (χ1) is 16.0. The summed E-state index contributed by atoms with van der Waals surface area (Å²) < 4.78 is 78.1. The molecule has 0 aliphatic carbocycles. The van der Waals surface area contributed by atoms with Gasteiger partial charge in [-0.15, -0.1) is 0 Å². The average molecular weight is 481 g/mol. The van der Waals surface area contributed by atoms with Gasteiger partial charge in [0.05, 0.1) is 11.1 Å². The van der Waals surface area contributed by atoms with Gasteiger partial charge in [-0.25, -0.2) is 0 Å². The zero-order valence-electron chi connectivity index (χ0n) is 17.9. The highest BCUT2D eigenvalue weighted by atomic mass is 19.4. The quantitative estimate of drug-likeness (QED) is 0.323.